The van der Waals surface area contributed by atoms with Crippen molar-refractivity contribution in [2.45, 2.75) is 26.8 Å². The van der Waals surface area contributed by atoms with Crippen molar-refractivity contribution in [2.24, 2.45) is 5.73 Å². The maximum Gasteiger partial charge on any atom is 0.291 e. The number of fused-ring (bicyclic) bond motifs is 1. The second-order valence-electron chi connectivity index (χ2n) is 5.41. The molecule has 0 aliphatic heterocycles. The van der Waals surface area contributed by atoms with E-state index in [1.54, 1.807) is 6.07 Å². The number of amides is 1. The van der Waals surface area contributed by atoms with Gasteiger partial charge in [0.05, 0.1) is 17.7 Å². The number of carbonyl (C=O) groups is 1. The molecule has 0 bridgehead atoms. The van der Waals surface area contributed by atoms with Crippen LogP contribution >= 0.6 is 0 Å². The lowest BCUT2D eigenvalue weighted by atomic mass is 10.1. The van der Waals surface area contributed by atoms with Crippen molar-refractivity contribution in [3.8, 4) is 0 Å². The summed E-state index contributed by atoms with van der Waals surface area (Å²) >= 11 is 0. The van der Waals surface area contributed by atoms with E-state index in [2.05, 4.69) is 10.3 Å². The first-order valence-electron chi connectivity index (χ1n) is 7.61. The van der Waals surface area contributed by atoms with Crippen molar-refractivity contribution < 1.29 is 9.21 Å². The Labute approximate surface area is 134 Å². The number of hydrogen-bond acceptors (Lipinski definition) is 4. The Morgan fingerprint density at radius 3 is 2.78 bits per heavy atom. The summed E-state index contributed by atoms with van der Waals surface area (Å²) < 4.78 is 5.51. The number of nitrogens with zero attached hydrogens (tertiary/aromatic N) is 1. The minimum Gasteiger partial charge on any atom is -0.454 e. The number of benzene rings is 1. The highest BCUT2D eigenvalue weighted by Crippen LogP contribution is 2.25. The van der Waals surface area contributed by atoms with Crippen LogP contribution in [-0.4, -0.2) is 10.9 Å². The fourth-order valence-corrected chi connectivity index (χ4v) is 2.57. The third kappa shape index (κ3) is 2.96. The second kappa shape index (κ2) is 6.22. The maximum absolute atomic E-state index is 12.5. The number of furan rings is 1. The van der Waals surface area contributed by atoms with Crippen molar-refractivity contribution in [1.29, 1.82) is 0 Å². The lowest BCUT2D eigenvalue weighted by molar-refractivity contribution is 0.0994. The van der Waals surface area contributed by atoms with Gasteiger partial charge in [-0.25, -0.2) is 0 Å². The van der Waals surface area contributed by atoms with Crippen molar-refractivity contribution >= 4 is 22.5 Å². The first-order chi connectivity index (χ1) is 11.1. The van der Waals surface area contributed by atoms with Gasteiger partial charge in [-0.15, -0.1) is 0 Å². The number of aryl methyl sites for hydroxylation is 2. The van der Waals surface area contributed by atoms with Gasteiger partial charge in [0, 0.05) is 16.6 Å². The van der Waals surface area contributed by atoms with Gasteiger partial charge in [0.2, 0.25) is 0 Å². The summed E-state index contributed by atoms with van der Waals surface area (Å²) in [4.78, 5) is 17.1. The van der Waals surface area contributed by atoms with Gasteiger partial charge < -0.3 is 15.5 Å². The lowest BCUT2D eigenvalue weighted by Gasteiger charge is -2.10. The van der Waals surface area contributed by atoms with E-state index >= 15 is 0 Å². The van der Waals surface area contributed by atoms with E-state index in [9.17, 15) is 4.79 Å². The van der Waals surface area contributed by atoms with Gasteiger partial charge in [-0.2, -0.15) is 0 Å². The molecule has 0 saturated heterocycles. The van der Waals surface area contributed by atoms with Crippen LogP contribution in [0.15, 0.2) is 40.8 Å². The van der Waals surface area contributed by atoms with Crippen LogP contribution in [0.25, 0.3) is 10.9 Å². The molecule has 0 atom stereocenters. The highest BCUT2D eigenvalue weighted by atomic mass is 16.4. The number of carbonyl (C=O) groups excluding carboxylic acids is 1. The number of nitrogens with two attached hydrogens (primary N) is 1. The van der Waals surface area contributed by atoms with Crippen molar-refractivity contribution in [1.82, 2.24) is 4.98 Å². The zero-order valence-electron chi connectivity index (χ0n) is 13.2. The Bertz CT molecular complexity index is 868. The summed E-state index contributed by atoms with van der Waals surface area (Å²) in [6.07, 6.45) is 0.796. The molecular formula is C18H19N3O2. The third-order valence-electron chi connectivity index (χ3n) is 3.76. The first-order valence-corrected chi connectivity index (χ1v) is 7.61. The Morgan fingerprint density at radius 1 is 1.30 bits per heavy atom. The van der Waals surface area contributed by atoms with Gasteiger partial charge in [-0.1, -0.05) is 25.1 Å². The monoisotopic (exact) mass is 309 g/mol. The quantitative estimate of drug-likeness (QED) is 0.774. The SMILES string of the molecule is CCc1cc(NC(=O)c2oc(CN)cc2C)c2ccccc2n1. The number of hydrogen-bond donors (Lipinski definition) is 2. The smallest absolute Gasteiger partial charge is 0.291 e. The number of rotatable bonds is 4. The van der Waals surface area contributed by atoms with Crippen LogP contribution in [0.1, 0.15) is 34.5 Å². The summed E-state index contributed by atoms with van der Waals surface area (Å²) in [5.41, 5.74) is 8.87. The molecule has 0 aliphatic carbocycles. The molecule has 118 valence electrons. The number of pyridine rings is 1. The molecular weight excluding hydrogens is 290 g/mol. The Hall–Kier alpha value is -2.66. The Morgan fingerprint density at radius 2 is 2.09 bits per heavy atom. The van der Waals surface area contributed by atoms with Crippen LogP contribution in [0.2, 0.25) is 0 Å². The molecule has 0 radical (unpaired) electrons. The molecule has 0 aliphatic rings. The molecule has 2 aromatic heterocycles. The van der Waals surface area contributed by atoms with E-state index in [-0.39, 0.29) is 12.5 Å². The normalized spacial score (nSPS) is 10.9. The topological polar surface area (TPSA) is 81.2 Å². The summed E-state index contributed by atoms with van der Waals surface area (Å²) in [5.74, 6) is 0.617. The molecule has 5 nitrogen and oxygen atoms in total. The van der Waals surface area contributed by atoms with Crippen LogP contribution < -0.4 is 11.1 Å². The second-order valence-corrected chi connectivity index (χ2v) is 5.41. The molecule has 2 heterocycles. The molecule has 0 saturated carbocycles. The van der Waals surface area contributed by atoms with E-state index in [1.165, 1.54) is 0 Å². The molecule has 0 fully saturated rings. The Kier molecular flexibility index (Phi) is 4.12. The average Bonchev–Trinajstić information content (AvgIpc) is 2.95. The van der Waals surface area contributed by atoms with Crippen LogP contribution in [-0.2, 0) is 13.0 Å². The molecule has 0 spiro atoms. The predicted molar refractivity (Wildman–Crippen MR) is 90.4 cm³/mol. The van der Waals surface area contributed by atoms with Gasteiger partial charge in [-0.05, 0) is 31.5 Å². The van der Waals surface area contributed by atoms with E-state index in [1.807, 2.05) is 44.2 Å². The molecule has 1 amide bonds. The summed E-state index contributed by atoms with van der Waals surface area (Å²) in [6.45, 7) is 4.14. The largest absolute Gasteiger partial charge is 0.454 e. The van der Waals surface area contributed by atoms with E-state index < -0.39 is 0 Å². The van der Waals surface area contributed by atoms with Gasteiger partial charge in [-0.3, -0.25) is 9.78 Å². The molecule has 5 heteroatoms. The van der Waals surface area contributed by atoms with E-state index in [0.717, 1.165) is 34.3 Å². The van der Waals surface area contributed by atoms with Crippen LogP contribution in [0.5, 0.6) is 0 Å². The van der Waals surface area contributed by atoms with Crippen molar-refractivity contribution in [3.05, 3.63) is 59.2 Å². The minimum absolute atomic E-state index is 0.270. The van der Waals surface area contributed by atoms with Crippen molar-refractivity contribution in [3.63, 3.8) is 0 Å². The van der Waals surface area contributed by atoms with Gasteiger partial charge in [0.1, 0.15) is 5.76 Å². The Balaban J connectivity index is 2.00. The standard InChI is InChI=1S/C18H19N3O2/c1-3-12-9-16(14-6-4-5-7-15(14)20-12)21-18(22)17-11(2)8-13(10-19)23-17/h4-9H,3,10,19H2,1-2H3,(H,20,21,22). The van der Waals surface area contributed by atoms with Gasteiger partial charge in [0.15, 0.2) is 5.76 Å². The van der Waals surface area contributed by atoms with Crippen LogP contribution in [0.3, 0.4) is 0 Å². The highest BCUT2D eigenvalue weighted by molar-refractivity contribution is 6.08. The summed E-state index contributed by atoms with van der Waals surface area (Å²) in [6, 6.07) is 11.4. The fraction of sp³-hybridized carbons (Fsp3) is 0.222. The van der Waals surface area contributed by atoms with Crippen LogP contribution in [0, 0.1) is 6.92 Å². The molecule has 0 unspecified atom stereocenters. The number of aromatic nitrogens is 1. The van der Waals surface area contributed by atoms with Gasteiger partial charge in [0.25, 0.3) is 5.91 Å². The number of para-hydroxylation sites is 1. The van der Waals surface area contributed by atoms with E-state index in [0.29, 0.717) is 11.5 Å². The molecule has 3 aromatic rings. The predicted octanol–water partition coefficient (Wildman–Crippen LogP) is 3.41. The van der Waals surface area contributed by atoms with E-state index in [4.69, 9.17) is 10.2 Å². The minimum atomic E-state index is -0.277. The maximum atomic E-state index is 12.5. The molecule has 3 rings (SSSR count). The highest BCUT2D eigenvalue weighted by Gasteiger charge is 2.17. The number of nitrogens with one attached hydrogen (secondary N) is 1. The average molecular weight is 309 g/mol. The molecule has 1 aromatic carbocycles. The van der Waals surface area contributed by atoms with Gasteiger partial charge >= 0.3 is 0 Å². The first kappa shape index (κ1) is 15.2. The van der Waals surface area contributed by atoms with Crippen molar-refractivity contribution in [2.75, 3.05) is 5.32 Å². The fourth-order valence-electron chi connectivity index (χ4n) is 2.57. The van der Waals surface area contributed by atoms with Crippen LogP contribution in [0.4, 0.5) is 5.69 Å². The zero-order valence-corrected chi connectivity index (χ0v) is 13.2. The molecule has 3 N–H and O–H groups in total. The number of anilines is 1. The molecule has 23 heavy (non-hydrogen) atoms. The lowest BCUT2D eigenvalue weighted by Crippen LogP contribution is -2.13. The summed E-state index contributed by atoms with van der Waals surface area (Å²) in [5, 5.41) is 3.84. The zero-order chi connectivity index (χ0) is 16.4. The summed E-state index contributed by atoms with van der Waals surface area (Å²) in [7, 11) is 0. The third-order valence-corrected chi connectivity index (χ3v) is 3.76.